The first-order valence-electron chi connectivity index (χ1n) is 18.8. The molecule has 61 heavy (non-hydrogen) atoms. The smallest absolute Gasteiger partial charge is 0.341 e. The second-order valence-corrected chi connectivity index (χ2v) is 13.5. The Labute approximate surface area is 374 Å². The van der Waals surface area contributed by atoms with Crippen LogP contribution in [0, 0.1) is 0 Å². The van der Waals surface area contributed by atoms with Gasteiger partial charge in [-0.2, -0.15) is 0 Å². The van der Waals surface area contributed by atoms with E-state index in [1.165, 1.54) is 13.8 Å². The first-order valence-corrected chi connectivity index (χ1v) is 18.8. The zero-order valence-corrected chi connectivity index (χ0v) is 35.7. The molecular weight excluding hydrogens is 847 g/mol. The summed E-state index contributed by atoms with van der Waals surface area (Å²) in [5, 5.41) is 9.25. The van der Waals surface area contributed by atoms with Crippen molar-refractivity contribution in [2.24, 2.45) is 0 Å². The molecule has 0 fully saturated rings. The summed E-state index contributed by atoms with van der Waals surface area (Å²) in [7, 11) is 0. The van der Waals surface area contributed by atoms with Crippen molar-refractivity contribution in [3.8, 4) is 45.2 Å². The van der Waals surface area contributed by atoms with Crippen LogP contribution in [-0.2, 0) is 51.8 Å². The van der Waals surface area contributed by atoms with E-state index in [0.717, 1.165) is 72.8 Å². The SMILES string of the molecule is CC(=O)OC(C)=O.O=C(O)COc1ccc(-c2c3nc(cc4ccc(cc5nc(cc6c(-c7ccccn7)c(-c7ccccn7)c2n6-c2ccccn2)C=C5)[nH]4)C=C3)cc1.[Y]. The summed E-state index contributed by atoms with van der Waals surface area (Å²) in [4.78, 5) is 59.3. The summed E-state index contributed by atoms with van der Waals surface area (Å²) in [6.45, 7) is 1.91. The van der Waals surface area contributed by atoms with E-state index in [4.69, 9.17) is 29.7 Å². The Balaban J connectivity index is 0.000000648. The third-order valence-corrected chi connectivity index (χ3v) is 9.18. The first kappa shape index (κ1) is 41.9. The number of carboxylic acids is 1. The second-order valence-electron chi connectivity index (χ2n) is 13.5. The summed E-state index contributed by atoms with van der Waals surface area (Å²) in [5.74, 6) is -1.08. The normalized spacial score (nSPS) is 11.2. The van der Waals surface area contributed by atoms with Crippen LogP contribution in [0.3, 0.4) is 0 Å². The Morgan fingerprint density at radius 3 is 1.77 bits per heavy atom. The van der Waals surface area contributed by atoms with Crippen molar-refractivity contribution in [3.05, 3.63) is 151 Å². The summed E-state index contributed by atoms with van der Waals surface area (Å²) in [6, 6.07) is 35.1. The molecule has 0 saturated carbocycles. The molecule has 8 heterocycles. The van der Waals surface area contributed by atoms with Crippen LogP contribution in [0.15, 0.2) is 128 Å². The number of aromatic amines is 1. The van der Waals surface area contributed by atoms with Crippen LogP contribution < -0.4 is 4.74 Å². The van der Waals surface area contributed by atoms with Crippen LogP contribution >= 0.6 is 0 Å². The van der Waals surface area contributed by atoms with Crippen LogP contribution in [0.5, 0.6) is 5.75 Å². The number of nitrogens with zero attached hydrogens (tertiary/aromatic N) is 6. The molecule has 297 valence electrons. The predicted molar refractivity (Wildman–Crippen MR) is 229 cm³/mol. The van der Waals surface area contributed by atoms with E-state index in [1.54, 1.807) is 30.7 Å². The van der Waals surface area contributed by atoms with Crippen molar-refractivity contribution in [1.82, 2.24) is 34.5 Å². The molecule has 0 amide bonds. The minimum Gasteiger partial charge on any atom is -0.482 e. The number of pyridine rings is 3. The maximum absolute atomic E-state index is 11.3. The summed E-state index contributed by atoms with van der Waals surface area (Å²) >= 11 is 0. The zero-order valence-electron chi connectivity index (χ0n) is 32.9. The van der Waals surface area contributed by atoms with E-state index in [0.29, 0.717) is 17.3 Å². The number of nitrogens with one attached hydrogen (secondary N) is 1. The quantitative estimate of drug-likeness (QED) is 0.116. The Morgan fingerprint density at radius 2 is 1.21 bits per heavy atom. The van der Waals surface area contributed by atoms with Gasteiger partial charge in [0.2, 0.25) is 0 Å². The number of H-pyrrole nitrogens is 1. The molecule has 2 aliphatic rings. The Bertz CT molecular complexity index is 2970. The maximum Gasteiger partial charge on any atom is 0.341 e. The minimum absolute atomic E-state index is 0. The second kappa shape index (κ2) is 18.8. The van der Waals surface area contributed by atoms with Crippen molar-refractivity contribution >= 4 is 64.3 Å². The molecule has 13 nitrogen and oxygen atoms in total. The number of rotatable bonds is 7. The topological polar surface area (TPSA) is 175 Å². The van der Waals surface area contributed by atoms with Crippen LogP contribution in [0.25, 0.3) is 85.8 Å². The Morgan fingerprint density at radius 1 is 0.639 bits per heavy atom. The van der Waals surface area contributed by atoms with E-state index >= 15 is 0 Å². The molecule has 0 saturated heterocycles. The van der Waals surface area contributed by atoms with Gasteiger partial charge in [-0.3, -0.25) is 24.1 Å². The monoisotopic (exact) mass is 882 g/mol. The Kier molecular flexibility index (Phi) is 12.9. The van der Waals surface area contributed by atoms with Gasteiger partial charge in [-0.15, -0.1) is 0 Å². The number of ether oxygens (including phenoxy) is 2. The fourth-order valence-corrected chi connectivity index (χ4v) is 6.90. The fourth-order valence-electron chi connectivity index (χ4n) is 6.90. The number of benzene rings is 1. The molecule has 8 bridgehead atoms. The van der Waals surface area contributed by atoms with Crippen molar-refractivity contribution < 1.29 is 61.7 Å². The summed E-state index contributed by atoms with van der Waals surface area (Å²) < 4.78 is 11.6. The molecule has 2 aliphatic heterocycles. The first-order chi connectivity index (χ1) is 29.2. The molecule has 1 radical (unpaired) electrons. The van der Waals surface area contributed by atoms with E-state index in [1.807, 2.05) is 115 Å². The van der Waals surface area contributed by atoms with E-state index < -0.39 is 24.5 Å². The third-order valence-electron chi connectivity index (χ3n) is 9.18. The van der Waals surface area contributed by atoms with Crippen molar-refractivity contribution in [2.45, 2.75) is 13.8 Å². The number of esters is 2. The average molecular weight is 883 g/mol. The fraction of sp³-hybridized carbons (Fsp3) is 0.0638. The molecule has 0 aliphatic carbocycles. The summed E-state index contributed by atoms with van der Waals surface area (Å²) in [6.07, 6.45) is 13.3. The van der Waals surface area contributed by atoms with Crippen molar-refractivity contribution in [2.75, 3.05) is 6.61 Å². The average Bonchev–Trinajstić information content (AvgIpc) is 4.06. The van der Waals surface area contributed by atoms with Crippen LogP contribution in [-0.4, -0.2) is 64.1 Å². The molecule has 2 N–H and O–H groups in total. The van der Waals surface area contributed by atoms with Gasteiger partial charge in [-0.1, -0.05) is 30.3 Å². The van der Waals surface area contributed by atoms with Crippen molar-refractivity contribution in [3.63, 3.8) is 0 Å². The molecule has 0 spiro atoms. The number of fused-ring (bicyclic) bond motifs is 8. The van der Waals surface area contributed by atoms with Gasteiger partial charge in [-0.05, 0) is 109 Å². The standard InChI is InChI=1S/C43H29N7O3.C4H6O3.Y/c51-39(52)26-53-33-17-10-27(11-18-33)40-36-19-16-31(49-36)24-30-13-12-28(47-30)23-29-14-15-32(48-29)25-37-41(34-7-1-4-20-44-34)42(35-8-2-5-21-45-35)43(40)50(37)38-9-3-6-22-46-38;1-3(5)7-4(2)6;/h1-25,47H,26H2,(H,51,52);1-2H3;. The number of aromatic nitrogens is 7. The maximum atomic E-state index is 11.3. The number of carbonyl (C=O) groups is 3. The van der Waals surface area contributed by atoms with Gasteiger partial charge < -0.3 is 19.6 Å². The van der Waals surface area contributed by atoms with Crippen LogP contribution in [0.2, 0.25) is 0 Å². The summed E-state index contributed by atoms with van der Waals surface area (Å²) in [5.41, 5.74) is 11.2. The van der Waals surface area contributed by atoms with Gasteiger partial charge in [0.05, 0.1) is 45.2 Å². The molecule has 6 aromatic heterocycles. The van der Waals surface area contributed by atoms with E-state index in [9.17, 15) is 19.5 Å². The van der Waals surface area contributed by atoms with E-state index in [2.05, 4.69) is 20.4 Å². The van der Waals surface area contributed by atoms with E-state index in [-0.39, 0.29) is 32.7 Å². The number of carboxylic acid groups (broad SMARTS) is 1. The molecule has 9 rings (SSSR count). The Hall–Kier alpha value is -7.22. The van der Waals surface area contributed by atoms with Crippen LogP contribution in [0.4, 0.5) is 0 Å². The number of carbonyl (C=O) groups excluding carboxylic acids is 2. The largest absolute Gasteiger partial charge is 0.482 e. The molecule has 0 atom stereocenters. The molecule has 0 unspecified atom stereocenters. The van der Waals surface area contributed by atoms with Crippen molar-refractivity contribution in [1.29, 1.82) is 0 Å². The molecule has 7 aromatic rings. The number of hydrogen-bond acceptors (Lipinski definition) is 10. The predicted octanol–water partition coefficient (Wildman–Crippen LogP) is 8.86. The molecular formula is C47H35N7O6Y. The zero-order chi connectivity index (χ0) is 41.6. The molecule has 1 aromatic carbocycles. The van der Waals surface area contributed by atoms with Gasteiger partial charge in [-0.25, -0.2) is 19.7 Å². The van der Waals surface area contributed by atoms with Gasteiger partial charge in [0.1, 0.15) is 11.6 Å². The van der Waals surface area contributed by atoms with Gasteiger partial charge in [0, 0.05) is 92.9 Å². The van der Waals surface area contributed by atoms with Gasteiger partial charge >= 0.3 is 17.9 Å². The minimum atomic E-state index is -1.05. The number of hydrogen-bond donors (Lipinski definition) is 2. The van der Waals surface area contributed by atoms with Gasteiger partial charge in [0.15, 0.2) is 6.61 Å². The van der Waals surface area contributed by atoms with Crippen LogP contribution in [0.1, 0.15) is 36.6 Å². The molecule has 14 heteroatoms. The third kappa shape index (κ3) is 9.65. The van der Waals surface area contributed by atoms with Gasteiger partial charge in [0.25, 0.3) is 0 Å². The number of aliphatic carboxylic acids is 1.